The molecule has 0 heterocycles. The molecule has 0 bridgehead atoms. The topological polar surface area (TPSA) is 66.4 Å². The van der Waals surface area contributed by atoms with Gasteiger partial charge in [0, 0.05) is 5.41 Å². The minimum atomic E-state index is -1.55. The fourth-order valence-electron chi connectivity index (χ4n) is 0.300. The van der Waals surface area contributed by atoms with Gasteiger partial charge in [-0.3, -0.25) is 0 Å². The summed E-state index contributed by atoms with van der Waals surface area (Å²) in [5.41, 5.74) is -0.514. The van der Waals surface area contributed by atoms with E-state index in [-0.39, 0.29) is 13.2 Å². The number of rotatable bonds is 3. The van der Waals surface area contributed by atoms with Gasteiger partial charge in [-0.25, -0.2) is 0 Å². The maximum Gasteiger partial charge on any atom is 0.550 e. The SMILES string of the molecule is CC(C)(CO)COC([O])=O. The van der Waals surface area contributed by atoms with Gasteiger partial charge in [0.25, 0.3) is 0 Å². The zero-order chi connectivity index (χ0) is 8.20. The molecule has 0 aliphatic carbocycles. The van der Waals surface area contributed by atoms with Crippen molar-refractivity contribution in [3.63, 3.8) is 0 Å². The lowest BCUT2D eigenvalue weighted by atomic mass is 9.97. The Morgan fingerprint density at radius 3 is 2.40 bits per heavy atom. The number of aliphatic hydroxyl groups is 1. The van der Waals surface area contributed by atoms with Crippen LogP contribution in [-0.2, 0) is 9.84 Å². The summed E-state index contributed by atoms with van der Waals surface area (Å²) in [6, 6.07) is 0. The fourth-order valence-corrected chi connectivity index (χ4v) is 0.300. The van der Waals surface area contributed by atoms with Gasteiger partial charge in [0.15, 0.2) is 0 Å². The quantitative estimate of drug-likeness (QED) is 0.593. The highest BCUT2D eigenvalue weighted by molar-refractivity contribution is 5.56. The van der Waals surface area contributed by atoms with E-state index in [1.54, 1.807) is 13.8 Å². The predicted molar refractivity (Wildman–Crippen MR) is 32.9 cm³/mol. The largest absolute Gasteiger partial charge is 0.550 e. The van der Waals surface area contributed by atoms with E-state index >= 15 is 0 Å². The summed E-state index contributed by atoms with van der Waals surface area (Å²) < 4.78 is 4.14. The second-order valence-corrected chi connectivity index (χ2v) is 2.86. The Morgan fingerprint density at radius 2 is 2.10 bits per heavy atom. The highest BCUT2D eigenvalue weighted by atomic mass is 16.7. The number of hydrogen-bond donors (Lipinski definition) is 1. The van der Waals surface area contributed by atoms with Gasteiger partial charge in [0.2, 0.25) is 0 Å². The number of aliphatic hydroxyl groups excluding tert-OH is 1. The molecule has 59 valence electrons. The Balaban J connectivity index is 3.56. The van der Waals surface area contributed by atoms with Crippen molar-refractivity contribution in [2.45, 2.75) is 13.8 Å². The second kappa shape index (κ2) is 3.41. The van der Waals surface area contributed by atoms with Crippen LogP contribution < -0.4 is 0 Å². The second-order valence-electron chi connectivity index (χ2n) is 2.86. The van der Waals surface area contributed by atoms with E-state index in [9.17, 15) is 9.90 Å². The predicted octanol–water partition coefficient (Wildman–Crippen LogP) is 0.572. The third kappa shape index (κ3) is 4.14. The lowest BCUT2D eigenvalue weighted by Gasteiger charge is -2.18. The van der Waals surface area contributed by atoms with Crippen molar-refractivity contribution in [1.29, 1.82) is 0 Å². The molecule has 1 radical (unpaired) electrons. The van der Waals surface area contributed by atoms with Crippen LogP contribution in [-0.4, -0.2) is 24.5 Å². The molecule has 0 atom stereocenters. The van der Waals surface area contributed by atoms with Crippen LogP contribution in [0.4, 0.5) is 4.79 Å². The van der Waals surface area contributed by atoms with Gasteiger partial charge in [0.1, 0.15) is 6.61 Å². The molecule has 0 unspecified atom stereocenters. The molecule has 0 aromatic rings. The van der Waals surface area contributed by atoms with Crippen LogP contribution in [0, 0.1) is 5.41 Å². The number of ether oxygens (including phenoxy) is 1. The molecule has 0 rings (SSSR count). The molecule has 1 N–H and O–H groups in total. The molecule has 0 spiro atoms. The first-order chi connectivity index (χ1) is 4.48. The van der Waals surface area contributed by atoms with Crippen molar-refractivity contribution in [2.75, 3.05) is 13.2 Å². The number of carbonyl (C=O) groups is 1. The van der Waals surface area contributed by atoms with Gasteiger partial charge < -0.3 is 9.84 Å². The number of hydrogen-bond acceptors (Lipinski definition) is 3. The van der Waals surface area contributed by atoms with E-state index in [4.69, 9.17) is 5.11 Å². The molecule has 4 heteroatoms. The zero-order valence-electron chi connectivity index (χ0n) is 6.09. The normalized spacial score (nSPS) is 11.1. The first-order valence-corrected chi connectivity index (χ1v) is 2.92. The maximum absolute atomic E-state index is 9.75. The molecule has 0 aliphatic rings. The Bertz CT molecular complexity index is 119. The first kappa shape index (κ1) is 9.23. The summed E-state index contributed by atoms with van der Waals surface area (Å²) >= 11 is 0. The number of carbonyl (C=O) groups excluding carboxylic acids is 1. The van der Waals surface area contributed by atoms with Crippen LogP contribution in [0.3, 0.4) is 0 Å². The smallest absolute Gasteiger partial charge is 0.431 e. The molecule has 0 aromatic heterocycles. The molecule has 10 heavy (non-hydrogen) atoms. The van der Waals surface area contributed by atoms with Crippen molar-refractivity contribution in [3.8, 4) is 0 Å². The lowest BCUT2D eigenvalue weighted by molar-refractivity contribution is 0.0201. The van der Waals surface area contributed by atoms with Gasteiger partial charge in [-0.2, -0.15) is 9.90 Å². The Labute approximate surface area is 59.4 Å². The van der Waals surface area contributed by atoms with Crippen molar-refractivity contribution in [3.05, 3.63) is 0 Å². The van der Waals surface area contributed by atoms with Gasteiger partial charge >= 0.3 is 6.16 Å². The highest BCUT2D eigenvalue weighted by Crippen LogP contribution is 2.13. The van der Waals surface area contributed by atoms with Crippen LogP contribution >= 0.6 is 0 Å². The molecule has 0 saturated heterocycles. The Kier molecular flexibility index (Phi) is 3.15. The third-order valence-electron chi connectivity index (χ3n) is 1.01. The van der Waals surface area contributed by atoms with Crippen molar-refractivity contribution in [1.82, 2.24) is 0 Å². The van der Waals surface area contributed by atoms with E-state index in [1.807, 2.05) is 0 Å². The van der Waals surface area contributed by atoms with Gasteiger partial charge in [-0.05, 0) is 0 Å². The highest BCUT2D eigenvalue weighted by Gasteiger charge is 2.18. The summed E-state index contributed by atoms with van der Waals surface area (Å²) in [5.74, 6) is 0. The van der Waals surface area contributed by atoms with Crippen LogP contribution in [0.25, 0.3) is 0 Å². The summed E-state index contributed by atoms with van der Waals surface area (Å²) in [6.45, 7) is 3.23. The molecular formula is C6H11O4. The zero-order valence-corrected chi connectivity index (χ0v) is 6.09. The van der Waals surface area contributed by atoms with Gasteiger partial charge in [-0.15, -0.1) is 0 Å². The average molecular weight is 147 g/mol. The molecule has 4 nitrogen and oxygen atoms in total. The monoisotopic (exact) mass is 147 g/mol. The van der Waals surface area contributed by atoms with Crippen LogP contribution in [0.1, 0.15) is 13.8 Å². The van der Waals surface area contributed by atoms with Crippen molar-refractivity contribution < 1.29 is 19.7 Å². The summed E-state index contributed by atoms with van der Waals surface area (Å²) in [4.78, 5) is 9.75. The fraction of sp³-hybridized carbons (Fsp3) is 0.833. The van der Waals surface area contributed by atoms with Crippen LogP contribution in [0.15, 0.2) is 0 Å². The van der Waals surface area contributed by atoms with Gasteiger partial charge in [0.05, 0.1) is 6.61 Å². The third-order valence-corrected chi connectivity index (χ3v) is 1.01. The lowest BCUT2D eigenvalue weighted by Crippen LogP contribution is -2.24. The standard InChI is InChI=1S/C6H11O4/c1-6(2,3-7)4-10-5(8)9/h7H,3-4H2,1-2H3. The van der Waals surface area contributed by atoms with Crippen molar-refractivity contribution >= 4 is 6.16 Å². The van der Waals surface area contributed by atoms with Crippen molar-refractivity contribution in [2.24, 2.45) is 5.41 Å². The molecule has 0 aliphatic heterocycles. The maximum atomic E-state index is 9.75. The molecule has 0 amide bonds. The Hall–Kier alpha value is -0.770. The Morgan fingerprint density at radius 1 is 1.60 bits per heavy atom. The van der Waals surface area contributed by atoms with E-state index < -0.39 is 11.6 Å². The van der Waals surface area contributed by atoms with E-state index in [1.165, 1.54) is 0 Å². The van der Waals surface area contributed by atoms with Crippen LogP contribution in [0.5, 0.6) is 0 Å². The molecular weight excluding hydrogens is 136 g/mol. The average Bonchev–Trinajstić information content (AvgIpc) is 1.85. The minimum Gasteiger partial charge on any atom is -0.431 e. The minimum absolute atomic E-state index is 0.0359. The molecule has 0 fully saturated rings. The first-order valence-electron chi connectivity index (χ1n) is 2.92. The summed E-state index contributed by atoms with van der Waals surface area (Å²) in [6.07, 6.45) is -1.55. The van der Waals surface area contributed by atoms with E-state index in [0.717, 1.165) is 0 Å². The molecule has 0 aromatic carbocycles. The molecule has 0 saturated carbocycles. The van der Waals surface area contributed by atoms with E-state index in [2.05, 4.69) is 4.74 Å². The van der Waals surface area contributed by atoms with Crippen LogP contribution in [0.2, 0.25) is 0 Å². The van der Waals surface area contributed by atoms with E-state index in [0.29, 0.717) is 0 Å². The summed E-state index contributed by atoms with van der Waals surface area (Å²) in [5, 5.41) is 18.4. The summed E-state index contributed by atoms with van der Waals surface area (Å²) in [7, 11) is 0. The van der Waals surface area contributed by atoms with Gasteiger partial charge in [-0.1, -0.05) is 13.8 Å².